The number of carbonyl (C=O) groups is 1. The number of Topliss-reactive ketones (excluding diaryl/α,β-unsaturated/α-hetero) is 1. The van der Waals surface area contributed by atoms with E-state index in [2.05, 4.69) is 0 Å². The van der Waals surface area contributed by atoms with Crippen molar-refractivity contribution in [1.82, 2.24) is 0 Å². The van der Waals surface area contributed by atoms with Gasteiger partial charge < -0.3 is 0 Å². The van der Waals surface area contributed by atoms with Crippen LogP contribution in [-0.4, -0.2) is 5.78 Å². The fourth-order valence-corrected chi connectivity index (χ4v) is 3.35. The molecular weight excluding hydrogens is 252 g/mol. The molecule has 1 heterocycles. The number of carbonyl (C=O) groups excluding carboxylic acids is 1. The minimum Gasteiger partial charge on any atom is -0.292 e. The van der Waals surface area contributed by atoms with Gasteiger partial charge in [0, 0.05) is 15.5 Å². The fourth-order valence-electron chi connectivity index (χ4n) is 1.97. The lowest BCUT2D eigenvalue weighted by Crippen LogP contribution is -2.03. The molecule has 3 heteroatoms. The third-order valence-electron chi connectivity index (χ3n) is 2.79. The molecule has 0 N–H and O–H groups in total. The lowest BCUT2D eigenvalue weighted by atomic mass is 10.0. The van der Waals surface area contributed by atoms with Crippen molar-refractivity contribution in [3.8, 4) is 0 Å². The first-order chi connectivity index (χ1) is 8.25. The van der Waals surface area contributed by atoms with E-state index in [-0.39, 0.29) is 11.0 Å². The van der Waals surface area contributed by atoms with Gasteiger partial charge in [0.2, 0.25) is 0 Å². The number of hydrogen-bond acceptors (Lipinski definition) is 2. The van der Waals surface area contributed by atoms with Crippen LogP contribution in [0.2, 0.25) is 5.02 Å². The molecule has 1 atom stereocenters. The highest BCUT2D eigenvalue weighted by Gasteiger charge is 2.32. The summed E-state index contributed by atoms with van der Waals surface area (Å²) in [6, 6.07) is 15.4. The third kappa shape index (κ3) is 1.88. The van der Waals surface area contributed by atoms with Crippen LogP contribution >= 0.6 is 23.4 Å². The Morgan fingerprint density at radius 3 is 2.59 bits per heavy atom. The molecule has 2 aromatic rings. The van der Waals surface area contributed by atoms with Gasteiger partial charge in [-0.15, -0.1) is 11.8 Å². The average Bonchev–Trinajstić information content (AvgIpc) is 2.68. The molecule has 84 valence electrons. The molecule has 1 aliphatic rings. The third-order valence-corrected chi connectivity index (χ3v) is 4.36. The van der Waals surface area contributed by atoms with Gasteiger partial charge in [0.15, 0.2) is 5.78 Å². The van der Waals surface area contributed by atoms with Gasteiger partial charge >= 0.3 is 0 Å². The minimum absolute atomic E-state index is 0.121. The van der Waals surface area contributed by atoms with Gasteiger partial charge in [-0.2, -0.15) is 0 Å². The normalized spacial score (nSPS) is 18.2. The number of ketones is 1. The van der Waals surface area contributed by atoms with Gasteiger partial charge in [0.25, 0.3) is 0 Å². The summed E-state index contributed by atoms with van der Waals surface area (Å²) >= 11 is 7.52. The highest BCUT2D eigenvalue weighted by molar-refractivity contribution is 8.00. The van der Waals surface area contributed by atoms with E-state index in [9.17, 15) is 4.79 Å². The Bertz CT molecular complexity index is 580. The first kappa shape index (κ1) is 10.9. The number of thioether (sulfide) groups is 1. The van der Waals surface area contributed by atoms with Gasteiger partial charge in [-0.3, -0.25) is 4.79 Å². The first-order valence-electron chi connectivity index (χ1n) is 5.31. The number of benzene rings is 2. The van der Waals surface area contributed by atoms with Crippen molar-refractivity contribution in [3.63, 3.8) is 0 Å². The monoisotopic (exact) mass is 260 g/mol. The summed E-state index contributed by atoms with van der Waals surface area (Å²) in [6.07, 6.45) is 0. The van der Waals surface area contributed by atoms with E-state index in [4.69, 9.17) is 11.6 Å². The maximum Gasteiger partial charge on any atom is 0.181 e. The highest BCUT2D eigenvalue weighted by atomic mass is 35.5. The molecule has 1 unspecified atom stereocenters. The molecule has 0 radical (unpaired) electrons. The molecule has 2 aromatic carbocycles. The Hall–Kier alpha value is -1.25. The zero-order valence-electron chi connectivity index (χ0n) is 8.89. The zero-order valence-corrected chi connectivity index (χ0v) is 10.5. The van der Waals surface area contributed by atoms with Gasteiger partial charge in [0.05, 0.1) is 5.25 Å². The molecule has 17 heavy (non-hydrogen) atoms. The Labute approximate surface area is 109 Å². The second-order valence-electron chi connectivity index (χ2n) is 3.91. The van der Waals surface area contributed by atoms with Crippen molar-refractivity contribution in [2.24, 2.45) is 0 Å². The molecule has 3 rings (SSSR count). The molecule has 0 saturated heterocycles. The average molecular weight is 261 g/mol. The van der Waals surface area contributed by atoms with Crippen LogP contribution in [0.4, 0.5) is 0 Å². The van der Waals surface area contributed by atoms with Crippen molar-refractivity contribution in [3.05, 3.63) is 64.7 Å². The van der Waals surface area contributed by atoms with Crippen molar-refractivity contribution < 1.29 is 4.79 Å². The lowest BCUT2D eigenvalue weighted by Gasteiger charge is -2.06. The summed E-state index contributed by atoms with van der Waals surface area (Å²) in [5, 5.41) is 0.496. The van der Waals surface area contributed by atoms with E-state index >= 15 is 0 Å². The molecule has 0 aliphatic carbocycles. The molecule has 0 bridgehead atoms. The lowest BCUT2D eigenvalue weighted by molar-refractivity contribution is 0.0991. The van der Waals surface area contributed by atoms with Crippen LogP contribution in [0, 0.1) is 0 Å². The maximum atomic E-state index is 12.3. The molecule has 0 fully saturated rings. The van der Waals surface area contributed by atoms with Crippen LogP contribution in [0.1, 0.15) is 21.2 Å². The summed E-state index contributed by atoms with van der Waals surface area (Å²) in [4.78, 5) is 13.3. The number of hydrogen-bond donors (Lipinski definition) is 0. The van der Waals surface area contributed by atoms with Crippen molar-refractivity contribution in [2.75, 3.05) is 0 Å². The highest BCUT2D eigenvalue weighted by Crippen LogP contribution is 2.46. The van der Waals surface area contributed by atoms with E-state index < -0.39 is 0 Å². The molecule has 1 aliphatic heterocycles. The van der Waals surface area contributed by atoms with Crippen molar-refractivity contribution >= 4 is 29.1 Å². The molecule has 0 aromatic heterocycles. The van der Waals surface area contributed by atoms with Crippen LogP contribution in [-0.2, 0) is 0 Å². The van der Waals surface area contributed by atoms with Crippen LogP contribution in [0.5, 0.6) is 0 Å². The maximum absolute atomic E-state index is 12.3. The molecular formula is C14H9ClOS. The summed E-state index contributed by atoms with van der Waals surface area (Å²) < 4.78 is 0. The van der Waals surface area contributed by atoms with Crippen LogP contribution in [0.3, 0.4) is 0 Å². The predicted octanol–water partition coefficient (Wildman–Crippen LogP) is 4.37. The molecule has 0 amide bonds. The second kappa shape index (κ2) is 4.21. The van der Waals surface area contributed by atoms with Crippen LogP contribution in [0.25, 0.3) is 0 Å². The topological polar surface area (TPSA) is 17.1 Å². The summed E-state index contributed by atoms with van der Waals surface area (Å²) in [5.41, 5.74) is 1.80. The Balaban J connectivity index is 2.02. The van der Waals surface area contributed by atoms with Crippen molar-refractivity contribution in [2.45, 2.75) is 10.1 Å². The van der Waals surface area contributed by atoms with Crippen LogP contribution < -0.4 is 0 Å². The van der Waals surface area contributed by atoms with Gasteiger partial charge in [-0.25, -0.2) is 0 Å². The molecule has 0 spiro atoms. The Kier molecular flexibility index (Phi) is 2.69. The number of rotatable bonds is 1. The summed E-state index contributed by atoms with van der Waals surface area (Å²) in [7, 11) is 0. The molecule has 1 nitrogen and oxygen atoms in total. The Morgan fingerprint density at radius 1 is 1.06 bits per heavy atom. The van der Waals surface area contributed by atoms with Gasteiger partial charge in [0.1, 0.15) is 0 Å². The largest absolute Gasteiger partial charge is 0.292 e. The standard InChI is InChI=1S/C14H9ClOS/c15-10-6-7-12-11(8-10)13(16)14(17-12)9-4-2-1-3-5-9/h1-8,14H. The summed E-state index contributed by atoms with van der Waals surface area (Å²) in [5.74, 6) is 0.152. The SMILES string of the molecule is O=C1c2cc(Cl)ccc2SC1c1ccccc1. The number of halogens is 1. The zero-order chi connectivity index (χ0) is 11.8. The summed E-state index contributed by atoms with van der Waals surface area (Å²) in [6.45, 7) is 0. The van der Waals surface area contributed by atoms with Gasteiger partial charge in [-0.05, 0) is 23.8 Å². The van der Waals surface area contributed by atoms with E-state index in [1.54, 1.807) is 17.8 Å². The van der Waals surface area contributed by atoms with Gasteiger partial charge in [-0.1, -0.05) is 41.9 Å². The minimum atomic E-state index is -0.121. The quantitative estimate of drug-likeness (QED) is 0.757. The fraction of sp³-hybridized carbons (Fsp3) is 0.0714. The van der Waals surface area contributed by atoms with Crippen LogP contribution in [0.15, 0.2) is 53.4 Å². The van der Waals surface area contributed by atoms with E-state index in [1.165, 1.54) is 0 Å². The Morgan fingerprint density at radius 2 is 1.82 bits per heavy atom. The second-order valence-corrected chi connectivity index (χ2v) is 5.50. The predicted molar refractivity (Wildman–Crippen MR) is 70.8 cm³/mol. The smallest absolute Gasteiger partial charge is 0.181 e. The van der Waals surface area contributed by atoms with Crippen molar-refractivity contribution in [1.29, 1.82) is 0 Å². The van der Waals surface area contributed by atoms with E-state index in [0.29, 0.717) is 5.02 Å². The molecule has 0 saturated carbocycles. The number of fused-ring (bicyclic) bond motifs is 1. The first-order valence-corrected chi connectivity index (χ1v) is 6.57. The van der Waals surface area contributed by atoms with E-state index in [1.807, 2.05) is 42.5 Å². The van der Waals surface area contributed by atoms with E-state index in [0.717, 1.165) is 16.0 Å².